The molecule has 1 aliphatic rings. The first kappa shape index (κ1) is 14.8. The van der Waals surface area contributed by atoms with E-state index in [4.69, 9.17) is 4.52 Å². The third kappa shape index (κ3) is 2.45. The van der Waals surface area contributed by atoms with Crippen LogP contribution >= 0.6 is 0 Å². The van der Waals surface area contributed by atoms with Gasteiger partial charge in [-0.25, -0.2) is 0 Å². The molecule has 0 saturated heterocycles. The van der Waals surface area contributed by atoms with E-state index in [1.165, 1.54) is 18.2 Å². The van der Waals surface area contributed by atoms with Gasteiger partial charge in [-0.05, 0) is 12.5 Å². The first-order valence-electron chi connectivity index (χ1n) is 6.98. The third-order valence-electron chi connectivity index (χ3n) is 3.45. The van der Waals surface area contributed by atoms with Crippen LogP contribution in [0.1, 0.15) is 45.8 Å². The summed E-state index contributed by atoms with van der Waals surface area (Å²) in [6.07, 6.45) is 1.45. The molecule has 0 spiro atoms. The Kier molecular flexibility index (Phi) is 3.61. The fourth-order valence-electron chi connectivity index (χ4n) is 2.43. The highest BCUT2D eigenvalue weighted by atomic mass is 16.6. The molecule has 3 rings (SSSR count). The topological polar surface area (TPSA) is 119 Å². The second-order valence-corrected chi connectivity index (χ2v) is 5.01. The smallest absolute Gasteiger partial charge is 0.282 e. The number of rotatable bonds is 5. The number of benzene rings is 1. The van der Waals surface area contributed by atoms with Crippen molar-refractivity contribution in [1.82, 2.24) is 15.0 Å². The molecule has 2 aromatic rings. The number of nitrogens with zero attached hydrogens (tertiary/aromatic N) is 4. The highest BCUT2D eigenvalue weighted by Gasteiger charge is 2.41. The van der Waals surface area contributed by atoms with Gasteiger partial charge in [0.15, 0.2) is 5.82 Å². The Morgan fingerprint density at radius 2 is 2.09 bits per heavy atom. The number of hydrogen-bond donors (Lipinski definition) is 0. The van der Waals surface area contributed by atoms with E-state index in [1.54, 1.807) is 0 Å². The van der Waals surface area contributed by atoms with Gasteiger partial charge in [0.2, 0.25) is 5.89 Å². The van der Waals surface area contributed by atoms with E-state index >= 15 is 0 Å². The standard InChI is InChI=1S/C14H12N4O5/c1-2-4-10-15-11(23-16-10)7-17-13(19)8-5-3-6-9(18(21)22)12(8)14(17)20/h3,5-6H,2,4,7H2,1H3. The highest BCUT2D eigenvalue weighted by Crippen LogP contribution is 2.31. The third-order valence-corrected chi connectivity index (χ3v) is 3.45. The molecular formula is C14H12N4O5. The number of imide groups is 1. The number of nitro groups is 1. The van der Waals surface area contributed by atoms with Gasteiger partial charge in [-0.15, -0.1) is 0 Å². The molecule has 0 radical (unpaired) electrons. The predicted molar refractivity (Wildman–Crippen MR) is 75.6 cm³/mol. The summed E-state index contributed by atoms with van der Waals surface area (Å²) in [5.41, 5.74) is -0.575. The number of carbonyl (C=O) groups is 2. The van der Waals surface area contributed by atoms with Crippen molar-refractivity contribution < 1.29 is 19.0 Å². The minimum Gasteiger partial charge on any atom is -0.337 e. The van der Waals surface area contributed by atoms with Crippen LogP contribution in [0.25, 0.3) is 0 Å². The normalized spacial score (nSPS) is 13.5. The molecule has 0 saturated carbocycles. The average molecular weight is 316 g/mol. The van der Waals surface area contributed by atoms with Gasteiger partial charge >= 0.3 is 0 Å². The molecule has 1 aliphatic heterocycles. The van der Waals surface area contributed by atoms with Crippen molar-refractivity contribution in [2.24, 2.45) is 0 Å². The lowest BCUT2D eigenvalue weighted by atomic mass is 10.1. The maximum Gasteiger partial charge on any atom is 0.282 e. The number of amides is 2. The van der Waals surface area contributed by atoms with Gasteiger partial charge in [0.25, 0.3) is 17.5 Å². The van der Waals surface area contributed by atoms with Crippen molar-refractivity contribution in [3.05, 3.63) is 51.2 Å². The van der Waals surface area contributed by atoms with E-state index in [0.29, 0.717) is 12.2 Å². The Bertz CT molecular complexity index is 813. The van der Waals surface area contributed by atoms with Crippen LogP contribution in [0.5, 0.6) is 0 Å². The number of carbonyl (C=O) groups excluding carboxylic acids is 2. The largest absolute Gasteiger partial charge is 0.337 e. The fraction of sp³-hybridized carbons (Fsp3) is 0.286. The average Bonchev–Trinajstić information content (AvgIpc) is 3.06. The first-order valence-corrected chi connectivity index (χ1v) is 6.98. The van der Waals surface area contributed by atoms with Crippen LogP contribution in [-0.4, -0.2) is 31.8 Å². The molecule has 0 aliphatic carbocycles. The molecule has 0 fully saturated rings. The molecule has 1 aromatic heterocycles. The van der Waals surface area contributed by atoms with Gasteiger partial charge in [-0.3, -0.25) is 24.6 Å². The summed E-state index contributed by atoms with van der Waals surface area (Å²) in [6, 6.07) is 3.95. The summed E-state index contributed by atoms with van der Waals surface area (Å²) in [6.45, 7) is 1.75. The summed E-state index contributed by atoms with van der Waals surface area (Å²) >= 11 is 0. The quantitative estimate of drug-likeness (QED) is 0.468. The van der Waals surface area contributed by atoms with Crippen LogP contribution in [0.3, 0.4) is 0 Å². The second-order valence-electron chi connectivity index (χ2n) is 5.01. The minimum atomic E-state index is -0.729. The zero-order valence-electron chi connectivity index (χ0n) is 12.2. The van der Waals surface area contributed by atoms with E-state index in [2.05, 4.69) is 10.1 Å². The first-order chi connectivity index (χ1) is 11.0. The number of aryl methyl sites for hydroxylation is 1. The maximum absolute atomic E-state index is 12.4. The lowest BCUT2D eigenvalue weighted by molar-refractivity contribution is -0.385. The van der Waals surface area contributed by atoms with Crippen molar-refractivity contribution >= 4 is 17.5 Å². The van der Waals surface area contributed by atoms with Gasteiger partial charge in [0.1, 0.15) is 12.1 Å². The van der Waals surface area contributed by atoms with Crippen LogP contribution in [0.15, 0.2) is 22.7 Å². The number of nitro benzene ring substituents is 1. The van der Waals surface area contributed by atoms with E-state index < -0.39 is 16.7 Å². The van der Waals surface area contributed by atoms with Gasteiger partial charge in [-0.2, -0.15) is 4.98 Å². The summed E-state index contributed by atoms with van der Waals surface area (Å²) in [5.74, 6) is -0.729. The Balaban J connectivity index is 1.91. The molecule has 0 N–H and O–H groups in total. The zero-order valence-corrected chi connectivity index (χ0v) is 12.2. The SMILES string of the molecule is CCCc1noc(CN2C(=O)c3cccc([N+](=O)[O-])c3C2=O)n1. The molecule has 9 nitrogen and oxygen atoms in total. The summed E-state index contributed by atoms with van der Waals surface area (Å²) in [4.78, 5) is 40.0. The predicted octanol–water partition coefficient (Wildman–Crippen LogP) is 1.73. The zero-order chi connectivity index (χ0) is 16.6. The Morgan fingerprint density at radius 3 is 2.78 bits per heavy atom. The number of aromatic nitrogens is 2. The van der Waals surface area contributed by atoms with Crippen molar-refractivity contribution in [2.45, 2.75) is 26.3 Å². The Labute approximate surface area is 130 Å². The van der Waals surface area contributed by atoms with E-state index in [-0.39, 0.29) is 29.2 Å². The van der Waals surface area contributed by atoms with Gasteiger partial charge in [-0.1, -0.05) is 18.1 Å². The van der Waals surface area contributed by atoms with E-state index in [1.807, 2.05) is 6.92 Å². The summed E-state index contributed by atoms with van der Waals surface area (Å²) in [5, 5.41) is 14.8. The van der Waals surface area contributed by atoms with Crippen molar-refractivity contribution in [1.29, 1.82) is 0 Å². The molecule has 1 aromatic carbocycles. The lowest BCUT2D eigenvalue weighted by Crippen LogP contribution is -2.29. The molecule has 118 valence electrons. The second kappa shape index (κ2) is 5.59. The van der Waals surface area contributed by atoms with Crippen LogP contribution < -0.4 is 0 Å². The monoisotopic (exact) mass is 316 g/mol. The lowest BCUT2D eigenvalue weighted by Gasteiger charge is -2.09. The molecular weight excluding hydrogens is 304 g/mol. The molecule has 23 heavy (non-hydrogen) atoms. The van der Waals surface area contributed by atoms with Crippen LogP contribution in [-0.2, 0) is 13.0 Å². The molecule has 0 bridgehead atoms. The van der Waals surface area contributed by atoms with E-state index in [9.17, 15) is 19.7 Å². The van der Waals surface area contributed by atoms with Crippen molar-refractivity contribution in [3.63, 3.8) is 0 Å². The Hall–Kier alpha value is -3.10. The van der Waals surface area contributed by atoms with Gasteiger partial charge < -0.3 is 4.52 Å². The van der Waals surface area contributed by atoms with Crippen molar-refractivity contribution in [3.8, 4) is 0 Å². The van der Waals surface area contributed by atoms with Gasteiger partial charge in [0, 0.05) is 12.5 Å². The molecule has 0 unspecified atom stereocenters. The van der Waals surface area contributed by atoms with Gasteiger partial charge in [0.05, 0.1) is 10.5 Å². The van der Waals surface area contributed by atoms with Crippen LogP contribution in [0, 0.1) is 10.1 Å². The molecule has 2 amide bonds. The maximum atomic E-state index is 12.4. The van der Waals surface area contributed by atoms with Crippen LogP contribution in [0.2, 0.25) is 0 Å². The van der Waals surface area contributed by atoms with Crippen LogP contribution in [0.4, 0.5) is 5.69 Å². The summed E-state index contributed by atoms with van der Waals surface area (Å²) in [7, 11) is 0. The molecule has 9 heteroatoms. The fourth-order valence-corrected chi connectivity index (χ4v) is 2.43. The number of hydrogen-bond acceptors (Lipinski definition) is 7. The summed E-state index contributed by atoms with van der Waals surface area (Å²) < 4.78 is 5.01. The van der Waals surface area contributed by atoms with E-state index in [0.717, 1.165) is 11.3 Å². The van der Waals surface area contributed by atoms with Crippen molar-refractivity contribution in [2.75, 3.05) is 0 Å². The Morgan fingerprint density at radius 1 is 1.30 bits per heavy atom. The number of fused-ring (bicyclic) bond motifs is 1. The highest BCUT2D eigenvalue weighted by molar-refractivity contribution is 6.23. The minimum absolute atomic E-state index is 0.0116. The molecule has 0 atom stereocenters. The molecule has 2 heterocycles.